The van der Waals surface area contributed by atoms with Crippen LogP contribution in [0.25, 0.3) is 0 Å². The molecule has 0 atom stereocenters. The zero-order valence-corrected chi connectivity index (χ0v) is 25.7. The number of carboxylic acid groups (broad SMARTS) is 1. The van der Waals surface area contributed by atoms with Crippen molar-refractivity contribution in [2.75, 3.05) is 6.54 Å². The third-order valence-electron chi connectivity index (χ3n) is 6.20. The summed E-state index contributed by atoms with van der Waals surface area (Å²) in [6, 6.07) is 0. The molecule has 0 radical (unpaired) electrons. The van der Waals surface area contributed by atoms with Crippen LogP contribution in [0.2, 0.25) is 0 Å². The molecular weight excluding hydrogens is 429 g/mol. The summed E-state index contributed by atoms with van der Waals surface area (Å²) in [5.41, 5.74) is 5.42. The number of unbranched alkanes of at least 4 members (excludes halogenated alkanes) is 20. The van der Waals surface area contributed by atoms with Crippen LogP contribution >= 0.6 is 0 Å². The third kappa shape index (κ3) is 42.3. The van der Waals surface area contributed by atoms with Crippen LogP contribution in [0.15, 0.2) is 12.2 Å². The van der Waals surface area contributed by atoms with E-state index in [1.807, 2.05) is 0 Å². The summed E-state index contributed by atoms with van der Waals surface area (Å²) in [6.45, 7) is 5.40. The van der Waals surface area contributed by atoms with Gasteiger partial charge >= 0.3 is 29.6 Å². The van der Waals surface area contributed by atoms with E-state index in [2.05, 4.69) is 26.0 Å². The number of nitrogens with two attached hydrogens (primary N) is 1. The largest absolute Gasteiger partial charge is 1.00 e. The summed E-state index contributed by atoms with van der Waals surface area (Å²) in [4.78, 5) is 10.2. The predicted molar refractivity (Wildman–Crippen MR) is 145 cm³/mol. The molecule has 0 fully saturated rings. The molecule has 0 unspecified atom stereocenters. The Balaban J connectivity index is -0.000000598. The van der Waals surface area contributed by atoms with Gasteiger partial charge < -0.3 is 15.6 Å². The second kappa shape index (κ2) is 37.7. The fourth-order valence-electron chi connectivity index (χ4n) is 3.97. The SMILES string of the molecule is CCCCCCCC/C=C\CCCCCCCC(=O)[O-].CCCCCCCCCCCCN.[Na+]. The van der Waals surface area contributed by atoms with Gasteiger partial charge in [-0.1, -0.05) is 135 Å². The van der Waals surface area contributed by atoms with E-state index >= 15 is 0 Å². The quantitative estimate of drug-likeness (QED) is 0.102. The van der Waals surface area contributed by atoms with Gasteiger partial charge in [-0.2, -0.15) is 0 Å². The van der Waals surface area contributed by atoms with Crippen LogP contribution < -0.4 is 40.4 Å². The van der Waals surface area contributed by atoms with Crippen LogP contribution in [0, 0.1) is 0 Å². The normalized spacial score (nSPS) is 10.7. The number of carbonyl (C=O) groups excluding carboxylic acids is 1. The fourth-order valence-corrected chi connectivity index (χ4v) is 3.97. The molecule has 2 N–H and O–H groups in total. The summed E-state index contributed by atoms with van der Waals surface area (Å²) in [6.07, 6.45) is 34.8. The molecule has 0 aliphatic heterocycles. The van der Waals surface area contributed by atoms with Crippen molar-refractivity contribution in [3.05, 3.63) is 12.2 Å². The first-order valence-electron chi connectivity index (χ1n) is 14.7. The number of hydrogen-bond acceptors (Lipinski definition) is 3. The van der Waals surface area contributed by atoms with E-state index in [4.69, 9.17) is 5.73 Å². The third-order valence-corrected chi connectivity index (χ3v) is 6.20. The minimum atomic E-state index is -0.914. The fraction of sp³-hybridized carbons (Fsp3) is 0.900. The summed E-state index contributed by atoms with van der Waals surface area (Å²) < 4.78 is 0. The van der Waals surface area contributed by atoms with Crippen molar-refractivity contribution in [2.24, 2.45) is 5.73 Å². The van der Waals surface area contributed by atoms with Crippen LogP contribution in [-0.2, 0) is 4.79 Å². The molecule has 0 saturated carbocycles. The summed E-state index contributed by atoms with van der Waals surface area (Å²) in [5, 5.41) is 10.2. The molecule has 0 rings (SSSR count). The summed E-state index contributed by atoms with van der Waals surface area (Å²) >= 11 is 0. The first-order chi connectivity index (χ1) is 16.2. The molecule has 198 valence electrons. The average molecular weight is 490 g/mol. The Morgan fingerprint density at radius 1 is 0.559 bits per heavy atom. The van der Waals surface area contributed by atoms with Gasteiger partial charge in [-0.15, -0.1) is 0 Å². The maximum atomic E-state index is 10.2. The smallest absolute Gasteiger partial charge is 0.550 e. The van der Waals surface area contributed by atoms with Gasteiger partial charge in [0.15, 0.2) is 0 Å². The van der Waals surface area contributed by atoms with E-state index in [-0.39, 0.29) is 36.0 Å². The topological polar surface area (TPSA) is 66.1 Å². The molecule has 0 aromatic heterocycles. The Morgan fingerprint density at radius 2 is 0.882 bits per heavy atom. The van der Waals surface area contributed by atoms with E-state index in [1.54, 1.807) is 0 Å². The van der Waals surface area contributed by atoms with Gasteiger partial charge in [-0.3, -0.25) is 0 Å². The number of aliphatic carboxylic acids is 1. The Bertz CT molecular complexity index is 378. The van der Waals surface area contributed by atoms with Crippen LogP contribution in [0.1, 0.15) is 168 Å². The molecule has 0 spiro atoms. The second-order valence-electron chi connectivity index (χ2n) is 9.68. The van der Waals surface area contributed by atoms with Gasteiger partial charge in [0.25, 0.3) is 0 Å². The van der Waals surface area contributed by atoms with Crippen molar-refractivity contribution in [3.63, 3.8) is 0 Å². The van der Waals surface area contributed by atoms with Crippen molar-refractivity contribution in [1.82, 2.24) is 0 Å². The number of carbonyl (C=O) groups is 1. The zero-order valence-electron chi connectivity index (χ0n) is 23.7. The molecule has 0 aliphatic rings. The Morgan fingerprint density at radius 3 is 1.24 bits per heavy atom. The van der Waals surface area contributed by atoms with Crippen LogP contribution in [0.4, 0.5) is 0 Å². The van der Waals surface area contributed by atoms with Gasteiger partial charge in [0.2, 0.25) is 0 Å². The molecule has 0 heterocycles. The van der Waals surface area contributed by atoms with Crippen LogP contribution in [-0.4, -0.2) is 12.5 Å². The molecule has 0 aromatic carbocycles. The van der Waals surface area contributed by atoms with Crippen molar-refractivity contribution >= 4 is 5.97 Å². The number of rotatable bonds is 25. The first kappa shape index (κ1) is 38.7. The zero-order chi connectivity index (χ0) is 24.7. The Kier molecular flexibility index (Phi) is 42.9. The van der Waals surface area contributed by atoms with Crippen LogP contribution in [0.5, 0.6) is 0 Å². The Hall–Kier alpha value is 0.170. The number of allylic oxidation sites excluding steroid dienone is 2. The van der Waals surface area contributed by atoms with Crippen molar-refractivity contribution in [3.8, 4) is 0 Å². The number of hydrogen-bond donors (Lipinski definition) is 1. The van der Waals surface area contributed by atoms with E-state index in [9.17, 15) is 9.90 Å². The van der Waals surface area contributed by atoms with E-state index < -0.39 is 5.97 Å². The molecule has 0 aliphatic carbocycles. The first-order valence-corrected chi connectivity index (χ1v) is 14.7. The van der Waals surface area contributed by atoms with Gasteiger partial charge in [-0.25, -0.2) is 0 Å². The predicted octanol–water partition coefficient (Wildman–Crippen LogP) is 5.64. The summed E-state index contributed by atoms with van der Waals surface area (Å²) in [5.74, 6) is -0.914. The number of carboxylic acids is 1. The minimum Gasteiger partial charge on any atom is -0.550 e. The molecule has 0 amide bonds. The standard InChI is InChI=1S/C18H34O2.C12H27N.Na/c1-2-3-4-5-6-7-8-9-10-11-12-13-14-15-16-17-18(19)20;1-2-3-4-5-6-7-8-9-10-11-12-13;/h9-10H,2-8,11-17H2,1H3,(H,19,20);2-13H2,1H3;/q;;+1/p-1/b10-9-;;. The molecule has 0 aromatic rings. The van der Waals surface area contributed by atoms with E-state index in [0.29, 0.717) is 0 Å². The maximum Gasteiger partial charge on any atom is 1.00 e. The van der Waals surface area contributed by atoms with Crippen molar-refractivity contribution < 1.29 is 39.5 Å². The van der Waals surface area contributed by atoms with Gasteiger partial charge in [0.1, 0.15) is 0 Å². The van der Waals surface area contributed by atoms with Gasteiger partial charge in [0, 0.05) is 5.97 Å². The second-order valence-corrected chi connectivity index (χ2v) is 9.68. The molecule has 3 nitrogen and oxygen atoms in total. The summed E-state index contributed by atoms with van der Waals surface area (Å²) in [7, 11) is 0. The van der Waals surface area contributed by atoms with E-state index in [0.717, 1.165) is 25.8 Å². The maximum absolute atomic E-state index is 10.2. The average Bonchev–Trinajstić information content (AvgIpc) is 2.81. The van der Waals surface area contributed by atoms with Crippen LogP contribution in [0.3, 0.4) is 0 Å². The molecule has 4 heteroatoms. The van der Waals surface area contributed by atoms with Gasteiger partial charge in [0.05, 0.1) is 0 Å². The monoisotopic (exact) mass is 489 g/mol. The Labute approximate surface area is 236 Å². The van der Waals surface area contributed by atoms with Gasteiger partial charge in [-0.05, 0) is 51.5 Å². The molecule has 0 saturated heterocycles. The molecule has 0 bridgehead atoms. The van der Waals surface area contributed by atoms with E-state index in [1.165, 1.54) is 128 Å². The minimum absolute atomic E-state index is 0. The van der Waals surface area contributed by atoms with Crippen molar-refractivity contribution in [2.45, 2.75) is 168 Å². The molecule has 34 heavy (non-hydrogen) atoms. The van der Waals surface area contributed by atoms with Crippen molar-refractivity contribution in [1.29, 1.82) is 0 Å². The molecular formula is C30H60NNaO2.